The zero-order valence-corrected chi connectivity index (χ0v) is 20.7. The molecule has 0 aliphatic carbocycles. The largest absolute Gasteiger partial charge is 0.379 e. The summed E-state index contributed by atoms with van der Waals surface area (Å²) in [7, 11) is 0. The van der Waals surface area contributed by atoms with Crippen LogP contribution in [0.5, 0.6) is 0 Å². The lowest BCUT2D eigenvalue weighted by molar-refractivity contribution is -0.121. The Balaban J connectivity index is 1.42. The SMILES string of the molecule is O=C(c1cccc(N2C(=O)CCC2=O)c1)N(CCCN1CCOCC1)c1nc2ccc(Cl)cc2s1. The second-order valence-corrected chi connectivity index (χ2v) is 9.99. The van der Waals surface area contributed by atoms with E-state index in [1.807, 2.05) is 12.1 Å². The van der Waals surface area contributed by atoms with Gasteiger partial charge in [0.2, 0.25) is 11.8 Å². The molecule has 2 aromatic carbocycles. The number of benzene rings is 2. The average molecular weight is 513 g/mol. The van der Waals surface area contributed by atoms with Gasteiger partial charge in [-0.3, -0.25) is 29.1 Å². The van der Waals surface area contributed by atoms with Gasteiger partial charge in [0.1, 0.15) is 0 Å². The van der Waals surface area contributed by atoms with E-state index in [-0.39, 0.29) is 30.6 Å². The van der Waals surface area contributed by atoms with E-state index in [4.69, 9.17) is 21.3 Å². The molecule has 35 heavy (non-hydrogen) atoms. The monoisotopic (exact) mass is 512 g/mol. The molecule has 0 saturated carbocycles. The molecule has 0 bridgehead atoms. The van der Waals surface area contributed by atoms with Crippen LogP contribution in [0.3, 0.4) is 0 Å². The fraction of sp³-hybridized carbons (Fsp3) is 0.360. The Morgan fingerprint density at radius 1 is 1.09 bits per heavy atom. The van der Waals surface area contributed by atoms with Gasteiger partial charge < -0.3 is 4.74 Å². The van der Waals surface area contributed by atoms with Gasteiger partial charge in [-0.15, -0.1) is 0 Å². The molecule has 0 spiro atoms. The summed E-state index contributed by atoms with van der Waals surface area (Å²) in [5.41, 5.74) is 1.61. The Kier molecular flexibility index (Phi) is 7.10. The molecule has 2 aliphatic rings. The third-order valence-corrected chi connectivity index (χ3v) is 7.45. The molecule has 0 unspecified atom stereocenters. The lowest BCUT2D eigenvalue weighted by atomic mass is 10.1. The number of imide groups is 1. The van der Waals surface area contributed by atoms with Gasteiger partial charge in [0.15, 0.2) is 5.13 Å². The maximum Gasteiger partial charge on any atom is 0.260 e. The van der Waals surface area contributed by atoms with Gasteiger partial charge in [0, 0.05) is 49.6 Å². The number of hydrogen-bond acceptors (Lipinski definition) is 7. The van der Waals surface area contributed by atoms with E-state index in [0.29, 0.717) is 27.9 Å². The number of hydrogen-bond donors (Lipinski definition) is 0. The van der Waals surface area contributed by atoms with E-state index in [1.165, 1.54) is 16.2 Å². The van der Waals surface area contributed by atoms with Crippen LogP contribution in [0, 0.1) is 0 Å². The molecule has 182 valence electrons. The van der Waals surface area contributed by atoms with Gasteiger partial charge >= 0.3 is 0 Å². The van der Waals surface area contributed by atoms with Crippen molar-refractivity contribution >= 4 is 61.7 Å². The van der Waals surface area contributed by atoms with Crippen LogP contribution < -0.4 is 9.80 Å². The van der Waals surface area contributed by atoms with Crippen molar-refractivity contribution in [1.82, 2.24) is 9.88 Å². The lowest BCUT2D eigenvalue weighted by Crippen LogP contribution is -2.39. The molecule has 10 heteroatoms. The third kappa shape index (κ3) is 5.23. The number of rotatable bonds is 7. The van der Waals surface area contributed by atoms with Crippen LogP contribution in [0.25, 0.3) is 10.2 Å². The standard InChI is InChI=1S/C25H25ClN4O4S/c26-18-5-6-20-21(16-18)35-25(27-20)29(10-2-9-28-11-13-34-14-12-28)24(33)17-3-1-4-19(15-17)30-22(31)7-8-23(30)32/h1,3-6,15-16H,2,7-14H2. The smallest absolute Gasteiger partial charge is 0.260 e. The predicted molar refractivity (Wildman–Crippen MR) is 136 cm³/mol. The summed E-state index contributed by atoms with van der Waals surface area (Å²) in [5.74, 6) is -0.715. The molecule has 8 nitrogen and oxygen atoms in total. The van der Waals surface area contributed by atoms with Gasteiger partial charge in [-0.2, -0.15) is 0 Å². The summed E-state index contributed by atoms with van der Waals surface area (Å²) < 4.78 is 6.33. The minimum absolute atomic E-state index is 0.193. The van der Waals surface area contributed by atoms with Gasteiger partial charge in [0.05, 0.1) is 29.1 Å². The number of thiazole rings is 1. The van der Waals surface area contributed by atoms with E-state index in [9.17, 15) is 14.4 Å². The zero-order chi connectivity index (χ0) is 24.4. The average Bonchev–Trinajstić information content (AvgIpc) is 3.44. The number of aromatic nitrogens is 1. The molecule has 0 radical (unpaired) electrons. The summed E-state index contributed by atoms with van der Waals surface area (Å²) >= 11 is 7.58. The van der Waals surface area contributed by atoms with E-state index in [2.05, 4.69) is 4.90 Å². The summed E-state index contributed by atoms with van der Waals surface area (Å²) in [6.45, 7) is 4.54. The van der Waals surface area contributed by atoms with Crippen molar-refractivity contribution < 1.29 is 19.1 Å². The highest BCUT2D eigenvalue weighted by atomic mass is 35.5. The number of fused-ring (bicyclic) bond motifs is 1. The van der Waals surface area contributed by atoms with Crippen LogP contribution >= 0.6 is 22.9 Å². The zero-order valence-electron chi connectivity index (χ0n) is 19.1. The van der Waals surface area contributed by atoms with Gasteiger partial charge in [0.25, 0.3) is 5.91 Å². The van der Waals surface area contributed by atoms with Crippen LogP contribution in [0.2, 0.25) is 5.02 Å². The molecule has 3 heterocycles. The number of ether oxygens (including phenoxy) is 1. The van der Waals surface area contributed by atoms with Crippen molar-refractivity contribution in [3.05, 3.63) is 53.1 Å². The first-order chi connectivity index (χ1) is 17.0. The van der Waals surface area contributed by atoms with Crippen LogP contribution in [0.1, 0.15) is 29.6 Å². The Labute approximate surface area is 212 Å². The molecule has 2 fully saturated rings. The normalized spacial score (nSPS) is 16.9. The summed E-state index contributed by atoms with van der Waals surface area (Å²) in [4.78, 5) is 48.1. The van der Waals surface area contributed by atoms with Gasteiger partial charge in [-0.25, -0.2) is 4.98 Å². The number of nitrogens with zero attached hydrogens (tertiary/aromatic N) is 4. The van der Waals surface area contributed by atoms with E-state index in [0.717, 1.165) is 49.5 Å². The van der Waals surface area contributed by atoms with Crippen molar-refractivity contribution in [3.8, 4) is 0 Å². The molecule has 0 N–H and O–H groups in total. The first-order valence-electron chi connectivity index (χ1n) is 11.6. The van der Waals surface area contributed by atoms with Crippen LogP contribution in [0.4, 0.5) is 10.8 Å². The Morgan fingerprint density at radius 3 is 2.63 bits per heavy atom. The van der Waals surface area contributed by atoms with Gasteiger partial charge in [-0.05, 0) is 42.8 Å². The maximum atomic E-state index is 13.7. The maximum absolute atomic E-state index is 13.7. The Bertz CT molecular complexity index is 1260. The number of morpholine rings is 1. The van der Waals surface area contributed by atoms with Crippen molar-refractivity contribution in [3.63, 3.8) is 0 Å². The Morgan fingerprint density at radius 2 is 1.86 bits per heavy atom. The quantitative estimate of drug-likeness (QED) is 0.445. The number of carbonyl (C=O) groups is 3. The molecular weight excluding hydrogens is 488 g/mol. The van der Waals surface area contributed by atoms with Gasteiger partial charge in [-0.1, -0.05) is 29.0 Å². The minimum atomic E-state index is -0.245. The summed E-state index contributed by atoms with van der Waals surface area (Å²) in [5, 5.41) is 1.21. The predicted octanol–water partition coefficient (Wildman–Crippen LogP) is 3.97. The number of carbonyl (C=O) groups excluding carboxylic acids is 3. The second-order valence-electron chi connectivity index (χ2n) is 8.55. The molecule has 2 aliphatic heterocycles. The highest BCUT2D eigenvalue weighted by molar-refractivity contribution is 7.22. The second kappa shape index (κ2) is 10.4. The van der Waals surface area contributed by atoms with E-state index in [1.54, 1.807) is 35.2 Å². The van der Waals surface area contributed by atoms with Crippen molar-refractivity contribution in [2.45, 2.75) is 19.3 Å². The van der Waals surface area contributed by atoms with Crippen molar-refractivity contribution in [1.29, 1.82) is 0 Å². The van der Waals surface area contributed by atoms with E-state index < -0.39 is 0 Å². The lowest BCUT2D eigenvalue weighted by Gasteiger charge is -2.28. The number of anilines is 2. The fourth-order valence-corrected chi connectivity index (χ4v) is 5.63. The topological polar surface area (TPSA) is 83.1 Å². The van der Waals surface area contributed by atoms with E-state index >= 15 is 0 Å². The summed E-state index contributed by atoms with van der Waals surface area (Å²) in [6.07, 6.45) is 1.16. The minimum Gasteiger partial charge on any atom is -0.379 e. The third-order valence-electron chi connectivity index (χ3n) is 6.18. The van der Waals surface area contributed by atoms with Crippen LogP contribution in [0.15, 0.2) is 42.5 Å². The van der Waals surface area contributed by atoms with Crippen molar-refractivity contribution in [2.75, 3.05) is 49.2 Å². The van der Waals surface area contributed by atoms with Crippen LogP contribution in [-0.2, 0) is 14.3 Å². The van der Waals surface area contributed by atoms with Crippen molar-refractivity contribution in [2.24, 2.45) is 0 Å². The molecule has 3 aromatic rings. The highest BCUT2D eigenvalue weighted by Gasteiger charge is 2.31. The number of amides is 3. The Hall–Kier alpha value is -2.85. The molecule has 5 rings (SSSR count). The highest BCUT2D eigenvalue weighted by Crippen LogP contribution is 2.32. The van der Waals surface area contributed by atoms with Crippen LogP contribution in [-0.4, -0.2) is 67.0 Å². The molecule has 2 saturated heterocycles. The molecular formula is C25H25ClN4O4S. The first kappa shape index (κ1) is 23.9. The molecule has 3 amide bonds. The fourth-order valence-electron chi connectivity index (χ4n) is 4.36. The first-order valence-corrected chi connectivity index (χ1v) is 12.8. The number of halogens is 1. The molecule has 0 atom stereocenters. The summed E-state index contributed by atoms with van der Waals surface area (Å²) in [6, 6.07) is 12.2. The molecule has 1 aromatic heterocycles.